The van der Waals surface area contributed by atoms with Crippen molar-refractivity contribution in [1.82, 2.24) is 10.6 Å². The number of rotatable bonds is 6. The standard InChI is InChI=1S/C10H19N3O/c1-3-5-6-13-9(8-11)7-10(14)12-4-2/h9,13H,4,6-8,11H2,1-2H3,(H,12,14). The van der Waals surface area contributed by atoms with Gasteiger partial charge in [-0.3, -0.25) is 4.79 Å². The average Bonchev–Trinajstić information content (AvgIpc) is 2.17. The normalized spacial score (nSPS) is 11.4. The molecule has 0 aromatic rings. The molecule has 80 valence electrons. The maximum absolute atomic E-state index is 11.2. The molecule has 0 saturated carbocycles. The van der Waals surface area contributed by atoms with Crippen LogP contribution in [0.25, 0.3) is 0 Å². The van der Waals surface area contributed by atoms with Crippen LogP contribution in [0.3, 0.4) is 0 Å². The van der Waals surface area contributed by atoms with Crippen LogP contribution in [0.5, 0.6) is 0 Å². The Bertz CT molecular complexity index is 217. The van der Waals surface area contributed by atoms with E-state index >= 15 is 0 Å². The van der Waals surface area contributed by atoms with Gasteiger partial charge < -0.3 is 16.4 Å². The topological polar surface area (TPSA) is 67.1 Å². The van der Waals surface area contributed by atoms with E-state index in [0.717, 1.165) is 0 Å². The molecule has 0 aliphatic heterocycles. The predicted molar refractivity (Wildman–Crippen MR) is 57.6 cm³/mol. The quantitative estimate of drug-likeness (QED) is 0.501. The summed E-state index contributed by atoms with van der Waals surface area (Å²) in [6.45, 7) is 5.36. The van der Waals surface area contributed by atoms with Crippen LogP contribution in [-0.2, 0) is 4.79 Å². The molecule has 0 rings (SSSR count). The van der Waals surface area contributed by atoms with Gasteiger partial charge in [0.25, 0.3) is 0 Å². The number of hydrogen-bond donors (Lipinski definition) is 3. The minimum atomic E-state index is 0.0161. The smallest absolute Gasteiger partial charge is 0.221 e. The van der Waals surface area contributed by atoms with Crippen molar-refractivity contribution in [3.8, 4) is 11.8 Å². The van der Waals surface area contributed by atoms with Crippen molar-refractivity contribution in [1.29, 1.82) is 0 Å². The van der Waals surface area contributed by atoms with Crippen LogP contribution in [0.1, 0.15) is 20.3 Å². The minimum absolute atomic E-state index is 0.0161. The largest absolute Gasteiger partial charge is 0.356 e. The van der Waals surface area contributed by atoms with Gasteiger partial charge in [-0.1, -0.05) is 5.92 Å². The number of nitrogens with one attached hydrogen (secondary N) is 2. The van der Waals surface area contributed by atoms with Crippen molar-refractivity contribution in [2.24, 2.45) is 5.73 Å². The van der Waals surface area contributed by atoms with Crippen molar-refractivity contribution in [3.63, 3.8) is 0 Å². The molecule has 4 heteroatoms. The lowest BCUT2D eigenvalue weighted by Crippen LogP contribution is -2.40. The van der Waals surface area contributed by atoms with E-state index < -0.39 is 0 Å². The van der Waals surface area contributed by atoms with E-state index in [-0.39, 0.29) is 11.9 Å². The monoisotopic (exact) mass is 197 g/mol. The van der Waals surface area contributed by atoms with Crippen molar-refractivity contribution in [2.45, 2.75) is 26.3 Å². The van der Waals surface area contributed by atoms with Crippen LogP contribution in [-0.4, -0.2) is 31.6 Å². The molecule has 1 atom stereocenters. The van der Waals surface area contributed by atoms with Crippen LogP contribution >= 0.6 is 0 Å². The van der Waals surface area contributed by atoms with Gasteiger partial charge in [0.15, 0.2) is 0 Å². The van der Waals surface area contributed by atoms with Gasteiger partial charge in [-0.2, -0.15) is 0 Å². The van der Waals surface area contributed by atoms with E-state index in [1.54, 1.807) is 6.92 Å². The van der Waals surface area contributed by atoms with Crippen LogP contribution in [0.4, 0.5) is 0 Å². The van der Waals surface area contributed by atoms with E-state index in [1.165, 1.54) is 0 Å². The Kier molecular flexibility index (Phi) is 7.90. The molecule has 14 heavy (non-hydrogen) atoms. The number of nitrogens with two attached hydrogens (primary N) is 1. The maximum atomic E-state index is 11.2. The predicted octanol–water partition coefficient (Wildman–Crippen LogP) is -0.547. The highest BCUT2D eigenvalue weighted by atomic mass is 16.1. The summed E-state index contributed by atoms with van der Waals surface area (Å²) < 4.78 is 0. The van der Waals surface area contributed by atoms with Crippen LogP contribution in [0, 0.1) is 11.8 Å². The van der Waals surface area contributed by atoms with E-state index in [1.807, 2.05) is 6.92 Å². The van der Waals surface area contributed by atoms with E-state index in [9.17, 15) is 4.79 Å². The van der Waals surface area contributed by atoms with Crippen LogP contribution in [0.2, 0.25) is 0 Å². The Morgan fingerprint density at radius 2 is 2.29 bits per heavy atom. The second kappa shape index (κ2) is 8.54. The van der Waals surface area contributed by atoms with Gasteiger partial charge in [-0.05, 0) is 13.8 Å². The summed E-state index contributed by atoms with van der Waals surface area (Å²) in [4.78, 5) is 11.2. The van der Waals surface area contributed by atoms with Crippen molar-refractivity contribution < 1.29 is 4.79 Å². The fourth-order valence-electron chi connectivity index (χ4n) is 1.02. The zero-order chi connectivity index (χ0) is 10.8. The fourth-order valence-corrected chi connectivity index (χ4v) is 1.02. The van der Waals surface area contributed by atoms with Crippen molar-refractivity contribution in [2.75, 3.05) is 19.6 Å². The fraction of sp³-hybridized carbons (Fsp3) is 0.700. The first-order chi connectivity index (χ1) is 6.74. The molecule has 1 unspecified atom stereocenters. The van der Waals surface area contributed by atoms with Gasteiger partial charge in [0, 0.05) is 25.6 Å². The van der Waals surface area contributed by atoms with E-state index in [4.69, 9.17) is 5.73 Å². The first kappa shape index (κ1) is 12.9. The Morgan fingerprint density at radius 3 is 2.79 bits per heavy atom. The van der Waals surface area contributed by atoms with Gasteiger partial charge in [0.1, 0.15) is 0 Å². The molecule has 0 bridgehead atoms. The van der Waals surface area contributed by atoms with Crippen LogP contribution in [0.15, 0.2) is 0 Å². The lowest BCUT2D eigenvalue weighted by molar-refractivity contribution is -0.121. The lowest BCUT2D eigenvalue weighted by atomic mass is 10.2. The van der Waals surface area contributed by atoms with Crippen LogP contribution < -0.4 is 16.4 Å². The minimum Gasteiger partial charge on any atom is -0.356 e. The SMILES string of the molecule is CC#CCNC(CN)CC(=O)NCC. The Labute approximate surface area is 85.6 Å². The summed E-state index contributed by atoms with van der Waals surface area (Å²) in [6, 6.07) is 0.0161. The molecular weight excluding hydrogens is 178 g/mol. The van der Waals surface area contributed by atoms with Gasteiger partial charge in [0.05, 0.1) is 6.54 Å². The highest BCUT2D eigenvalue weighted by Crippen LogP contribution is 1.89. The first-order valence-corrected chi connectivity index (χ1v) is 4.84. The molecule has 0 spiro atoms. The summed E-state index contributed by atoms with van der Waals surface area (Å²) in [7, 11) is 0. The molecule has 0 aromatic carbocycles. The van der Waals surface area contributed by atoms with E-state index in [2.05, 4.69) is 22.5 Å². The molecule has 4 N–H and O–H groups in total. The Balaban J connectivity index is 3.75. The number of carbonyl (C=O) groups excluding carboxylic acids is 1. The Hall–Kier alpha value is -1.05. The summed E-state index contributed by atoms with van der Waals surface area (Å²) in [5.41, 5.74) is 5.51. The third-order valence-corrected chi connectivity index (χ3v) is 1.75. The summed E-state index contributed by atoms with van der Waals surface area (Å²) in [6.07, 6.45) is 0.412. The molecule has 0 heterocycles. The molecule has 0 saturated heterocycles. The van der Waals surface area contributed by atoms with Crippen molar-refractivity contribution in [3.05, 3.63) is 0 Å². The third kappa shape index (κ3) is 6.46. The maximum Gasteiger partial charge on any atom is 0.221 e. The summed E-state index contributed by atoms with van der Waals surface area (Å²) >= 11 is 0. The average molecular weight is 197 g/mol. The zero-order valence-corrected chi connectivity index (χ0v) is 8.89. The number of carbonyl (C=O) groups is 1. The van der Waals surface area contributed by atoms with E-state index in [0.29, 0.717) is 26.1 Å². The number of amides is 1. The van der Waals surface area contributed by atoms with Gasteiger partial charge >= 0.3 is 0 Å². The third-order valence-electron chi connectivity index (χ3n) is 1.75. The molecule has 0 aromatic heterocycles. The molecule has 4 nitrogen and oxygen atoms in total. The second-order valence-electron chi connectivity index (χ2n) is 2.90. The lowest BCUT2D eigenvalue weighted by Gasteiger charge is -2.14. The highest BCUT2D eigenvalue weighted by Gasteiger charge is 2.09. The van der Waals surface area contributed by atoms with Gasteiger partial charge in [0.2, 0.25) is 5.91 Å². The van der Waals surface area contributed by atoms with Gasteiger partial charge in [-0.15, -0.1) is 5.92 Å². The van der Waals surface area contributed by atoms with Crippen molar-refractivity contribution >= 4 is 5.91 Å². The highest BCUT2D eigenvalue weighted by molar-refractivity contribution is 5.76. The molecule has 0 radical (unpaired) electrons. The molecular formula is C10H19N3O. The Morgan fingerprint density at radius 1 is 1.57 bits per heavy atom. The molecule has 0 fully saturated rings. The molecule has 0 aliphatic carbocycles. The molecule has 0 aliphatic rings. The summed E-state index contributed by atoms with van der Waals surface area (Å²) in [5, 5.41) is 5.83. The molecule has 1 amide bonds. The first-order valence-electron chi connectivity index (χ1n) is 4.84. The summed E-state index contributed by atoms with van der Waals surface area (Å²) in [5.74, 6) is 5.67. The number of hydrogen-bond acceptors (Lipinski definition) is 3. The second-order valence-corrected chi connectivity index (χ2v) is 2.90. The zero-order valence-electron chi connectivity index (χ0n) is 8.89. The van der Waals surface area contributed by atoms with Gasteiger partial charge in [-0.25, -0.2) is 0 Å².